The van der Waals surface area contributed by atoms with Crippen LogP contribution in [0.2, 0.25) is 0 Å². The Hall–Kier alpha value is -1.87. The van der Waals surface area contributed by atoms with Gasteiger partial charge in [-0.3, -0.25) is 0 Å². The lowest BCUT2D eigenvalue weighted by atomic mass is 10.1. The molecular formula is C15H15FO2. The second kappa shape index (κ2) is 5.65. The van der Waals surface area contributed by atoms with Crippen molar-refractivity contribution in [3.63, 3.8) is 0 Å². The lowest BCUT2D eigenvalue weighted by molar-refractivity contribution is 0.173. The molecule has 2 rings (SSSR count). The first-order valence-electron chi connectivity index (χ1n) is 5.91. The zero-order valence-electron chi connectivity index (χ0n) is 10.1. The van der Waals surface area contributed by atoms with E-state index in [1.807, 2.05) is 6.92 Å². The van der Waals surface area contributed by atoms with E-state index in [4.69, 9.17) is 4.74 Å². The molecule has 0 unspecified atom stereocenters. The van der Waals surface area contributed by atoms with Crippen molar-refractivity contribution in [3.8, 4) is 11.5 Å². The molecule has 0 spiro atoms. The van der Waals surface area contributed by atoms with Crippen LogP contribution in [0.3, 0.4) is 0 Å². The molecule has 0 saturated carbocycles. The van der Waals surface area contributed by atoms with Gasteiger partial charge in [-0.25, -0.2) is 4.39 Å². The lowest BCUT2D eigenvalue weighted by Crippen LogP contribution is -1.95. The van der Waals surface area contributed by atoms with Gasteiger partial charge in [0.25, 0.3) is 0 Å². The van der Waals surface area contributed by atoms with E-state index in [2.05, 4.69) is 0 Å². The summed E-state index contributed by atoms with van der Waals surface area (Å²) >= 11 is 0. The average molecular weight is 246 g/mol. The molecule has 1 atom stereocenters. The maximum atomic E-state index is 13.4. The van der Waals surface area contributed by atoms with Crippen molar-refractivity contribution >= 4 is 0 Å². The van der Waals surface area contributed by atoms with E-state index in [0.29, 0.717) is 12.2 Å². The number of hydrogen-bond acceptors (Lipinski definition) is 2. The van der Waals surface area contributed by atoms with Gasteiger partial charge in [0, 0.05) is 0 Å². The molecule has 0 aliphatic rings. The Labute approximate surface area is 106 Å². The molecule has 0 fully saturated rings. The number of ether oxygens (including phenoxy) is 1. The van der Waals surface area contributed by atoms with E-state index >= 15 is 0 Å². The molecule has 0 aliphatic heterocycles. The molecule has 0 amide bonds. The first-order chi connectivity index (χ1) is 8.70. The van der Waals surface area contributed by atoms with Crippen molar-refractivity contribution in [2.24, 2.45) is 0 Å². The summed E-state index contributed by atoms with van der Waals surface area (Å²) in [7, 11) is 0. The Balaban J connectivity index is 2.14. The Kier molecular flexibility index (Phi) is 3.95. The van der Waals surface area contributed by atoms with Crippen LogP contribution in [0.4, 0.5) is 4.39 Å². The quantitative estimate of drug-likeness (QED) is 0.881. The van der Waals surface area contributed by atoms with Crippen LogP contribution in [-0.4, -0.2) is 5.11 Å². The number of rotatable bonds is 4. The van der Waals surface area contributed by atoms with Crippen LogP contribution in [0.25, 0.3) is 0 Å². The van der Waals surface area contributed by atoms with Gasteiger partial charge < -0.3 is 9.84 Å². The van der Waals surface area contributed by atoms with Crippen LogP contribution in [0.1, 0.15) is 25.0 Å². The zero-order chi connectivity index (χ0) is 13.0. The van der Waals surface area contributed by atoms with E-state index in [0.717, 1.165) is 5.56 Å². The fourth-order valence-electron chi connectivity index (χ4n) is 1.65. The molecular weight excluding hydrogens is 231 g/mol. The minimum atomic E-state index is -0.465. The molecule has 0 bridgehead atoms. The maximum Gasteiger partial charge on any atom is 0.165 e. The molecule has 94 valence electrons. The summed E-state index contributed by atoms with van der Waals surface area (Å²) in [4.78, 5) is 0. The number of para-hydroxylation sites is 1. The second-order valence-corrected chi connectivity index (χ2v) is 4.03. The van der Waals surface area contributed by atoms with E-state index in [-0.39, 0.29) is 5.75 Å². The minimum absolute atomic E-state index is 0.196. The van der Waals surface area contributed by atoms with Gasteiger partial charge in [-0.05, 0) is 36.2 Å². The van der Waals surface area contributed by atoms with Gasteiger partial charge in [0.05, 0.1) is 6.10 Å². The van der Waals surface area contributed by atoms with Crippen molar-refractivity contribution in [3.05, 3.63) is 59.9 Å². The van der Waals surface area contributed by atoms with Crippen LogP contribution < -0.4 is 4.74 Å². The van der Waals surface area contributed by atoms with E-state index in [9.17, 15) is 9.50 Å². The van der Waals surface area contributed by atoms with Gasteiger partial charge >= 0.3 is 0 Å². The minimum Gasteiger partial charge on any atom is -0.454 e. The third kappa shape index (κ3) is 2.87. The fraction of sp³-hybridized carbons (Fsp3) is 0.200. The van der Waals surface area contributed by atoms with Gasteiger partial charge in [0.15, 0.2) is 11.6 Å². The van der Waals surface area contributed by atoms with Crippen molar-refractivity contribution in [1.82, 2.24) is 0 Å². The number of hydrogen-bond donors (Lipinski definition) is 1. The number of aliphatic hydroxyl groups excluding tert-OH is 1. The molecule has 2 nitrogen and oxygen atoms in total. The molecule has 1 N–H and O–H groups in total. The van der Waals surface area contributed by atoms with Crippen LogP contribution in [-0.2, 0) is 0 Å². The summed E-state index contributed by atoms with van der Waals surface area (Å²) in [6.07, 6.45) is 0.195. The first kappa shape index (κ1) is 12.6. The third-order valence-electron chi connectivity index (χ3n) is 2.72. The van der Waals surface area contributed by atoms with Gasteiger partial charge in [-0.2, -0.15) is 0 Å². The maximum absolute atomic E-state index is 13.4. The predicted molar refractivity (Wildman–Crippen MR) is 68.2 cm³/mol. The van der Waals surface area contributed by atoms with Gasteiger partial charge in [-0.1, -0.05) is 31.2 Å². The fourth-order valence-corrected chi connectivity index (χ4v) is 1.65. The summed E-state index contributed by atoms with van der Waals surface area (Å²) in [5, 5.41) is 9.65. The van der Waals surface area contributed by atoms with Crippen molar-refractivity contribution in [1.29, 1.82) is 0 Å². The highest BCUT2D eigenvalue weighted by Crippen LogP contribution is 2.26. The summed E-state index contributed by atoms with van der Waals surface area (Å²) in [6, 6.07) is 13.3. The number of halogens is 1. The molecule has 0 radical (unpaired) electrons. The molecule has 0 aromatic heterocycles. The van der Waals surface area contributed by atoms with Crippen molar-refractivity contribution in [2.45, 2.75) is 19.4 Å². The predicted octanol–water partition coefficient (Wildman–Crippen LogP) is 4.06. The van der Waals surface area contributed by atoms with E-state index in [1.54, 1.807) is 42.5 Å². The molecule has 0 heterocycles. The highest BCUT2D eigenvalue weighted by atomic mass is 19.1. The SMILES string of the molecule is CC[C@@H](O)c1ccc(Oc2ccccc2F)cc1. The lowest BCUT2D eigenvalue weighted by Gasteiger charge is -2.10. The topological polar surface area (TPSA) is 29.5 Å². The monoisotopic (exact) mass is 246 g/mol. The van der Waals surface area contributed by atoms with E-state index in [1.165, 1.54) is 6.07 Å². The van der Waals surface area contributed by atoms with Crippen LogP contribution in [0.5, 0.6) is 11.5 Å². The standard InChI is InChI=1S/C15H15FO2/c1-2-14(17)11-7-9-12(10-8-11)18-15-6-4-3-5-13(15)16/h3-10,14,17H,2H2,1H3/t14-/m1/s1. The Morgan fingerprint density at radius 1 is 1.11 bits per heavy atom. The Bertz CT molecular complexity index is 508. The van der Waals surface area contributed by atoms with Gasteiger partial charge in [0.1, 0.15) is 5.75 Å². The van der Waals surface area contributed by atoms with Gasteiger partial charge in [-0.15, -0.1) is 0 Å². The molecule has 0 aliphatic carbocycles. The Morgan fingerprint density at radius 2 is 1.78 bits per heavy atom. The van der Waals surface area contributed by atoms with Crippen LogP contribution in [0, 0.1) is 5.82 Å². The van der Waals surface area contributed by atoms with Crippen LogP contribution in [0.15, 0.2) is 48.5 Å². The first-order valence-corrected chi connectivity index (χ1v) is 5.91. The third-order valence-corrected chi connectivity index (χ3v) is 2.72. The highest BCUT2D eigenvalue weighted by molar-refractivity contribution is 5.34. The second-order valence-electron chi connectivity index (χ2n) is 4.03. The number of aliphatic hydroxyl groups is 1. The molecule has 18 heavy (non-hydrogen) atoms. The van der Waals surface area contributed by atoms with Crippen molar-refractivity contribution in [2.75, 3.05) is 0 Å². The van der Waals surface area contributed by atoms with E-state index < -0.39 is 11.9 Å². The molecule has 3 heteroatoms. The average Bonchev–Trinajstić information content (AvgIpc) is 2.41. The largest absolute Gasteiger partial charge is 0.454 e. The summed E-state index contributed by atoms with van der Waals surface area (Å²) in [5.41, 5.74) is 0.832. The smallest absolute Gasteiger partial charge is 0.165 e. The summed E-state index contributed by atoms with van der Waals surface area (Å²) in [6.45, 7) is 1.91. The molecule has 2 aromatic rings. The van der Waals surface area contributed by atoms with Gasteiger partial charge in [0.2, 0.25) is 0 Å². The molecule has 2 aromatic carbocycles. The normalized spacial score (nSPS) is 12.2. The molecule has 0 saturated heterocycles. The summed E-state index contributed by atoms with van der Waals surface area (Å²) < 4.78 is 18.8. The number of benzene rings is 2. The van der Waals surface area contributed by atoms with Crippen molar-refractivity contribution < 1.29 is 14.2 Å². The Morgan fingerprint density at radius 3 is 2.39 bits per heavy atom. The highest BCUT2D eigenvalue weighted by Gasteiger charge is 2.06. The zero-order valence-corrected chi connectivity index (χ0v) is 10.1. The summed E-state index contributed by atoms with van der Waals surface area (Å²) in [5.74, 6) is 0.351. The van der Waals surface area contributed by atoms with Crippen LogP contribution >= 0.6 is 0 Å².